The SMILES string of the molecule is Cc1ccccc1COc1ccc(Br)cc1CNc1cccc(NC(=O)CC(C)C)c1. The summed E-state index contributed by atoms with van der Waals surface area (Å²) in [5.41, 5.74) is 5.18. The number of benzene rings is 3. The van der Waals surface area contributed by atoms with Crippen LogP contribution in [0.2, 0.25) is 0 Å². The van der Waals surface area contributed by atoms with Crippen LogP contribution in [0.5, 0.6) is 5.75 Å². The molecule has 0 bridgehead atoms. The number of amides is 1. The lowest BCUT2D eigenvalue weighted by Crippen LogP contribution is -2.14. The molecule has 1 amide bonds. The van der Waals surface area contributed by atoms with Crippen LogP contribution in [0.15, 0.2) is 71.2 Å². The molecule has 31 heavy (non-hydrogen) atoms. The van der Waals surface area contributed by atoms with Gasteiger partial charge in [-0.1, -0.05) is 60.1 Å². The number of carbonyl (C=O) groups is 1. The number of anilines is 2. The van der Waals surface area contributed by atoms with E-state index in [1.165, 1.54) is 11.1 Å². The van der Waals surface area contributed by atoms with Crippen LogP contribution in [-0.4, -0.2) is 5.91 Å². The summed E-state index contributed by atoms with van der Waals surface area (Å²) in [5.74, 6) is 1.21. The maximum Gasteiger partial charge on any atom is 0.224 e. The third-order valence-electron chi connectivity index (χ3n) is 4.89. The summed E-state index contributed by atoms with van der Waals surface area (Å²) in [5, 5.41) is 6.41. The molecule has 0 heterocycles. The zero-order valence-corrected chi connectivity index (χ0v) is 19.8. The van der Waals surface area contributed by atoms with Crippen LogP contribution in [-0.2, 0) is 17.9 Å². The molecule has 0 aliphatic carbocycles. The Hall–Kier alpha value is -2.79. The van der Waals surface area contributed by atoms with Gasteiger partial charge < -0.3 is 15.4 Å². The van der Waals surface area contributed by atoms with Gasteiger partial charge in [-0.25, -0.2) is 0 Å². The highest BCUT2D eigenvalue weighted by Gasteiger charge is 2.08. The fourth-order valence-corrected chi connectivity index (χ4v) is 3.65. The van der Waals surface area contributed by atoms with Crippen LogP contribution in [0, 0.1) is 12.8 Å². The summed E-state index contributed by atoms with van der Waals surface area (Å²) in [6.45, 7) is 7.29. The third-order valence-corrected chi connectivity index (χ3v) is 5.38. The Balaban J connectivity index is 1.66. The Labute approximate surface area is 193 Å². The van der Waals surface area contributed by atoms with Crippen molar-refractivity contribution in [2.45, 2.75) is 40.3 Å². The molecule has 4 nitrogen and oxygen atoms in total. The van der Waals surface area contributed by atoms with Crippen molar-refractivity contribution in [3.8, 4) is 5.75 Å². The number of hydrogen-bond acceptors (Lipinski definition) is 3. The standard InChI is InChI=1S/C26H29BrN2O2/c1-18(2)13-26(30)29-24-10-6-9-23(15-24)28-16-21-14-22(27)11-12-25(21)31-17-20-8-5-4-7-19(20)3/h4-12,14-15,18,28H,13,16-17H2,1-3H3,(H,29,30). The van der Waals surface area contributed by atoms with Gasteiger partial charge >= 0.3 is 0 Å². The summed E-state index contributed by atoms with van der Waals surface area (Å²) < 4.78 is 7.14. The number of carbonyl (C=O) groups excluding carboxylic acids is 1. The van der Waals surface area contributed by atoms with Crippen molar-refractivity contribution in [2.24, 2.45) is 5.92 Å². The second kappa shape index (κ2) is 11.0. The molecular formula is C26H29BrN2O2. The number of ether oxygens (including phenoxy) is 1. The zero-order chi connectivity index (χ0) is 22.2. The van der Waals surface area contributed by atoms with Gasteiger partial charge in [-0.05, 0) is 60.4 Å². The number of nitrogens with one attached hydrogen (secondary N) is 2. The first-order valence-electron chi connectivity index (χ1n) is 10.5. The summed E-state index contributed by atoms with van der Waals surface area (Å²) >= 11 is 3.56. The molecule has 0 unspecified atom stereocenters. The lowest BCUT2D eigenvalue weighted by molar-refractivity contribution is -0.116. The van der Waals surface area contributed by atoms with Crippen LogP contribution in [0.4, 0.5) is 11.4 Å². The van der Waals surface area contributed by atoms with Gasteiger partial charge in [0.1, 0.15) is 12.4 Å². The van der Waals surface area contributed by atoms with Crippen LogP contribution in [0.1, 0.15) is 37.0 Å². The Morgan fingerprint density at radius 3 is 2.52 bits per heavy atom. The molecule has 0 aromatic heterocycles. The Kier molecular flexibility index (Phi) is 8.13. The van der Waals surface area contributed by atoms with Gasteiger partial charge in [-0.2, -0.15) is 0 Å². The molecule has 0 fully saturated rings. The summed E-state index contributed by atoms with van der Waals surface area (Å²) in [6, 6.07) is 22.1. The van der Waals surface area contributed by atoms with Crippen molar-refractivity contribution in [1.29, 1.82) is 0 Å². The maximum absolute atomic E-state index is 12.1. The molecule has 3 rings (SSSR count). The fraction of sp³-hybridized carbons (Fsp3) is 0.269. The number of hydrogen-bond donors (Lipinski definition) is 2. The van der Waals surface area contributed by atoms with Crippen LogP contribution in [0.3, 0.4) is 0 Å². The van der Waals surface area contributed by atoms with E-state index in [-0.39, 0.29) is 5.91 Å². The molecule has 3 aromatic rings. The smallest absolute Gasteiger partial charge is 0.224 e. The van der Waals surface area contributed by atoms with Crippen molar-refractivity contribution in [1.82, 2.24) is 0 Å². The molecule has 2 N–H and O–H groups in total. The van der Waals surface area contributed by atoms with Crippen molar-refractivity contribution in [2.75, 3.05) is 10.6 Å². The molecule has 0 aliphatic rings. The number of halogens is 1. The van der Waals surface area contributed by atoms with Crippen LogP contribution < -0.4 is 15.4 Å². The number of aryl methyl sites for hydroxylation is 1. The largest absolute Gasteiger partial charge is 0.489 e. The Morgan fingerprint density at radius 1 is 0.968 bits per heavy atom. The van der Waals surface area contributed by atoms with Crippen LogP contribution in [0.25, 0.3) is 0 Å². The molecule has 5 heteroatoms. The molecule has 0 atom stereocenters. The van der Waals surface area contributed by atoms with E-state index < -0.39 is 0 Å². The average Bonchev–Trinajstić information content (AvgIpc) is 2.72. The minimum Gasteiger partial charge on any atom is -0.489 e. The topological polar surface area (TPSA) is 50.4 Å². The minimum absolute atomic E-state index is 0.0334. The van der Waals surface area contributed by atoms with Crippen molar-refractivity contribution >= 4 is 33.2 Å². The normalized spacial score (nSPS) is 10.7. The quantitative estimate of drug-likeness (QED) is 0.348. The van der Waals surface area contributed by atoms with Gasteiger partial charge in [0.2, 0.25) is 5.91 Å². The second-order valence-corrected chi connectivity index (χ2v) is 8.96. The molecule has 0 spiro atoms. The highest BCUT2D eigenvalue weighted by molar-refractivity contribution is 9.10. The van der Waals surface area contributed by atoms with E-state index in [4.69, 9.17) is 4.74 Å². The van der Waals surface area contributed by atoms with Crippen LogP contribution >= 0.6 is 15.9 Å². The van der Waals surface area contributed by atoms with E-state index >= 15 is 0 Å². The van der Waals surface area contributed by atoms with Gasteiger partial charge in [0.15, 0.2) is 0 Å². The van der Waals surface area contributed by atoms with E-state index in [2.05, 4.69) is 51.7 Å². The minimum atomic E-state index is 0.0334. The fourth-order valence-electron chi connectivity index (χ4n) is 3.24. The van der Waals surface area contributed by atoms with Gasteiger partial charge in [-0.3, -0.25) is 4.79 Å². The predicted octanol–water partition coefficient (Wildman–Crippen LogP) is 6.93. The molecule has 0 saturated carbocycles. The monoisotopic (exact) mass is 480 g/mol. The average molecular weight is 481 g/mol. The first-order valence-corrected chi connectivity index (χ1v) is 11.3. The predicted molar refractivity (Wildman–Crippen MR) is 132 cm³/mol. The Morgan fingerprint density at radius 2 is 1.74 bits per heavy atom. The van der Waals surface area contributed by atoms with Gasteiger partial charge in [-0.15, -0.1) is 0 Å². The molecule has 162 valence electrons. The molecule has 0 aliphatic heterocycles. The zero-order valence-electron chi connectivity index (χ0n) is 18.2. The van der Waals surface area contributed by atoms with E-state index in [1.54, 1.807) is 0 Å². The molecule has 0 saturated heterocycles. The first-order chi connectivity index (χ1) is 14.9. The highest BCUT2D eigenvalue weighted by atomic mass is 79.9. The van der Waals surface area contributed by atoms with Gasteiger partial charge in [0, 0.05) is 34.4 Å². The van der Waals surface area contributed by atoms with E-state index in [1.807, 2.05) is 62.4 Å². The summed E-state index contributed by atoms with van der Waals surface area (Å²) in [6.07, 6.45) is 0.511. The van der Waals surface area contributed by atoms with Crippen molar-refractivity contribution < 1.29 is 9.53 Å². The Bertz CT molecular complexity index is 1030. The van der Waals surface area contributed by atoms with E-state index in [9.17, 15) is 4.79 Å². The molecule has 3 aromatic carbocycles. The first kappa shape index (κ1) is 22.9. The summed E-state index contributed by atoms with van der Waals surface area (Å²) in [4.78, 5) is 12.1. The van der Waals surface area contributed by atoms with Crippen molar-refractivity contribution in [3.63, 3.8) is 0 Å². The lowest BCUT2D eigenvalue weighted by Gasteiger charge is -2.15. The van der Waals surface area contributed by atoms with Crippen molar-refractivity contribution in [3.05, 3.63) is 87.9 Å². The van der Waals surface area contributed by atoms with E-state index in [0.717, 1.165) is 27.2 Å². The van der Waals surface area contributed by atoms with E-state index in [0.29, 0.717) is 25.5 Å². The maximum atomic E-state index is 12.1. The third kappa shape index (κ3) is 7.14. The second-order valence-electron chi connectivity index (χ2n) is 8.05. The highest BCUT2D eigenvalue weighted by Crippen LogP contribution is 2.26. The number of rotatable bonds is 9. The summed E-state index contributed by atoms with van der Waals surface area (Å²) in [7, 11) is 0. The van der Waals surface area contributed by atoms with Gasteiger partial charge in [0.05, 0.1) is 0 Å². The lowest BCUT2D eigenvalue weighted by atomic mass is 10.1. The van der Waals surface area contributed by atoms with Gasteiger partial charge in [0.25, 0.3) is 0 Å². The molecular weight excluding hydrogens is 452 g/mol. The molecule has 0 radical (unpaired) electrons.